The third kappa shape index (κ3) is 4.89. The number of nitrogens with zero attached hydrogens (tertiary/aromatic N) is 2. The first-order valence-corrected chi connectivity index (χ1v) is 11.4. The van der Waals surface area contributed by atoms with E-state index in [-0.39, 0.29) is 24.8 Å². The molecule has 0 spiro atoms. The summed E-state index contributed by atoms with van der Waals surface area (Å²) in [4.78, 5) is 19.1. The van der Waals surface area contributed by atoms with E-state index in [0.717, 1.165) is 16.8 Å². The van der Waals surface area contributed by atoms with Crippen molar-refractivity contribution < 1.29 is 23.4 Å². The van der Waals surface area contributed by atoms with Crippen LogP contribution in [0.2, 0.25) is 0 Å². The number of rotatable bonds is 7. The highest BCUT2D eigenvalue weighted by molar-refractivity contribution is 6.05. The van der Waals surface area contributed by atoms with Crippen LogP contribution in [-0.2, 0) is 26.2 Å². The Kier molecular flexibility index (Phi) is 6.60. The van der Waals surface area contributed by atoms with Crippen LogP contribution in [0.3, 0.4) is 0 Å². The minimum absolute atomic E-state index is 0.122. The first-order chi connectivity index (χ1) is 17.5. The summed E-state index contributed by atoms with van der Waals surface area (Å²) in [6.45, 7) is -0.118. The third-order valence-corrected chi connectivity index (χ3v) is 6.06. The smallest absolute Gasteiger partial charge is 0.326 e. The van der Waals surface area contributed by atoms with Gasteiger partial charge in [0.1, 0.15) is 24.0 Å². The number of anilines is 2. The van der Waals surface area contributed by atoms with Crippen LogP contribution in [0.15, 0.2) is 79.0 Å². The highest BCUT2D eigenvalue weighted by Crippen LogP contribution is 2.34. The minimum atomic E-state index is -0.684. The molecule has 3 aromatic carbocycles. The van der Waals surface area contributed by atoms with Crippen LogP contribution in [0.4, 0.5) is 25.0 Å². The molecule has 0 saturated heterocycles. The first kappa shape index (κ1) is 23.4. The van der Waals surface area contributed by atoms with Crippen molar-refractivity contribution in [1.29, 1.82) is 0 Å². The highest BCUT2D eigenvalue weighted by Gasteiger charge is 2.26. The number of halogens is 2. The third-order valence-electron chi connectivity index (χ3n) is 6.06. The molecule has 0 radical (unpaired) electrons. The second-order valence-electron chi connectivity index (χ2n) is 8.44. The van der Waals surface area contributed by atoms with Gasteiger partial charge in [0.15, 0.2) is 0 Å². The number of carbonyl (C=O) groups excluding carboxylic acids is 1. The zero-order valence-electron chi connectivity index (χ0n) is 19.2. The molecule has 0 unspecified atom stereocenters. The average molecular weight is 488 g/mol. The van der Waals surface area contributed by atoms with Crippen LogP contribution in [0.1, 0.15) is 27.9 Å². The lowest BCUT2D eigenvalue weighted by atomic mass is 10.0. The number of pyridine rings is 1. The Labute approximate surface area is 206 Å². The van der Waals surface area contributed by atoms with Crippen molar-refractivity contribution in [3.63, 3.8) is 0 Å². The number of nitrogens with one attached hydrogen (secondary N) is 1. The number of ether oxygens (including phenoxy) is 1. The molecule has 2 heterocycles. The van der Waals surface area contributed by atoms with Crippen LogP contribution in [-0.4, -0.2) is 16.1 Å². The molecule has 0 aliphatic carbocycles. The second kappa shape index (κ2) is 10.1. The summed E-state index contributed by atoms with van der Waals surface area (Å²) >= 11 is 0. The molecule has 36 heavy (non-hydrogen) atoms. The molecule has 1 aliphatic heterocycles. The summed E-state index contributed by atoms with van der Waals surface area (Å²) < 4.78 is 33.9. The largest absolute Gasteiger partial charge is 0.489 e. The van der Waals surface area contributed by atoms with E-state index in [1.54, 1.807) is 29.3 Å². The Bertz CT molecular complexity index is 1390. The Morgan fingerprint density at radius 1 is 1.00 bits per heavy atom. The van der Waals surface area contributed by atoms with Crippen molar-refractivity contribution in [2.45, 2.75) is 26.2 Å². The SMILES string of the molecule is O=C1Nc2cc(CO)ccc2CN1c1cc(OCc2c(F)cccc2F)ccc1Cc1ccccn1. The summed E-state index contributed by atoms with van der Waals surface area (Å²) in [5.41, 5.74) is 4.33. The maximum Gasteiger partial charge on any atom is 0.326 e. The van der Waals surface area contributed by atoms with E-state index in [1.165, 1.54) is 18.2 Å². The number of amides is 2. The van der Waals surface area contributed by atoms with E-state index >= 15 is 0 Å². The lowest BCUT2D eigenvalue weighted by Gasteiger charge is -2.31. The molecule has 0 saturated carbocycles. The first-order valence-electron chi connectivity index (χ1n) is 11.4. The highest BCUT2D eigenvalue weighted by atomic mass is 19.1. The van der Waals surface area contributed by atoms with Gasteiger partial charge in [-0.2, -0.15) is 0 Å². The van der Waals surface area contributed by atoms with Crippen molar-refractivity contribution in [3.05, 3.63) is 119 Å². The summed E-state index contributed by atoms with van der Waals surface area (Å²) in [6, 6.07) is 19.6. The molecule has 4 aromatic rings. The molecule has 182 valence electrons. The van der Waals surface area contributed by atoms with Crippen LogP contribution in [0.5, 0.6) is 5.75 Å². The van der Waals surface area contributed by atoms with Gasteiger partial charge < -0.3 is 15.2 Å². The predicted molar refractivity (Wildman–Crippen MR) is 132 cm³/mol. The molecule has 1 aromatic heterocycles. The molecule has 1 aliphatic rings. The monoisotopic (exact) mass is 487 g/mol. The zero-order valence-corrected chi connectivity index (χ0v) is 19.2. The van der Waals surface area contributed by atoms with Gasteiger partial charge in [0.05, 0.1) is 24.4 Å². The number of fused-ring (bicyclic) bond motifs is 1. The number of aliphatic hydroxyl groups excluding tert-OH is 1. The molecule has 8 heteroatoms. The van der Waals surface area contributed by atoms with Gasteiger partial charge in [0.25, 0.3) is 0 Å². The predicted octanol–water partition coefficient (Wildman–Crippen LogP) is 5.57. The molecular formula is C28H23F2N3O3. The van der Waals surface area contributed by atoms with Crippen molar-refractivity contribution in [3.8, 4) is 5.75 Å². The van der Waals surface area contributed by atoms with Crippen molar-refractivity contribution in [2.24, 2.45) is 0 Å². The summed E-state index contributed by atoms with van der Waals surface area (Å²) in [5, 5.41) is 12.3. The van der Waals surface area contributed by atoms with Gasteiger partial charge >= 0.3 is 6.03 Å². The van der Waals surface area contributed by atoms with Crippen molar-refractivity contribution in [2.75, 3.05) is 10.2 Å². The average Bonchev–Trinajstić information content (AvgIpc) is 2.89. The zero-order chi connectivity index (χ0) is 25.1. The normalized spacial score (nSPS) is 12.8. The maximum atomic E-state index is 14.1. The topological polar surface area (TPSA) is 74.7 Å². The number of benzene rings is 3. The molecule has 2 N–H and O–H groups in total. The standard InChI is InChI=1S/C28H23F2N3O3/c29-24-5-3-6-25(30)23(24)17-36-22-10-9-19(13-21-4-1-2-11-31-21)27(14-22)33-15-20-8-7-18(16-34)12-26(20)32-28(33)35/h1-12,14,34H,13,15-17H2,(H,32,35). The van der Waals surface area contributed by atoms with Gasteiger partial charge in [0.2, 0.25) is 0 Å². The van der Waals surface area contributed by atoms with E-state index in [4.69, 9.17) is 4.74 Å². The summed E-state index contributed by atoms with van der Waals surface area (Å²) in [5.74, 6) is -1.00. The second-order valence-corrected chi connectivity index (χ2v) is 8.44. The minimum Gasteiger partial charge on any atom is -0.489 e. The number of hydrogen-bond acceptors (Lipinski definition) is 4. The fourth-order valence-electron chi connectivity index (χ4n) is 4.15. The number of carbonyl (C=O) groups is 1. The number of aliphatic hydroxyl groups is 1. The van der Waals surface area contributed by atoms with E-state index < -0.39 is 11.6 Å². The van der Waals surface area contributed by atoms with E-state index in [1.807, 2.05) is 36.4 Å². The maximum absolute atomic E-state index is 14.1. The summed E-state index contributed by atoms with van der Waals surface area (Å²) in [6.07, 6.45) is 2.18. The van der Waals surface area contributed by atoms with Gasteiger partial charge in [-0.1, -0.05) is 30.3 Å². The van der Waals surface area contributed by atoms with Gasteiger partial charge in [-0.05, 0) is 53.1 Å². The lowest BCUT2D eigenvalue weighted by Crippen LogP contribution is -2.39. The van der Waals surface area contributed by atoms with E-state index in [0.29, 0.717) is 35.7 Å². The molecule has 0 fully saturated rings. The van der Waals surface area contributed by atoms with Gasteiger partial charge in [-0.25, -0.2) is 13.6 Å². The number of aromatic nitrogens is 1. The molecule has 0 atom stereocenters. The molecular weight excluding hydrogens is 464 g/mol. The van der Waals surface area contributed by atoms with Gasteiger partial charge in [0, 0.05) is 30.1 Å². The quantitative estimate of drug-likeness (QED) is 0.357. The van der Waals surface area contributed by atoms with Crippen LogP contribution in [0, 0.1) is 11.6 Å². The Balaban J connectivity index is 1.48. The van der Waals surface area contributed by atoms with Gasteiger partial charge in [-0.3, -0.25) is 9.88 Å². The molecule has 2 amide bonds. The Hall–Kier alpha value is -4.30. The van der Waals surface area contributed by atoms with E-state index in [2.05, 4.69) is 10.3 Å². The van der Waals surface area contributed by atoms with Crippen molar-refractivity contribution >= 4 is 17.4 Å². The Morgan fingerprint density at radius 3 is 2.58 bits per heavy atom. The fraction of sp³-hybridized carbons (Fsp3) is 0.143. The van der Waals surface area contributed by atoms with Gasteiger partial charge in [-0.15, -0.1) is 0 Å². The van der Waals surface area contributed by atoms with E-state index in [9.17, 15) is 18.7 Å². The molecule has 5 rings (SSSR count). The lowest BCUT2D eigenvalue weighted by molar-refractivity contribution is 0.255. The molecule has 6 nitrogen and oxygen atoms in total. The van der Waals surface area contributed by atoms with Crippen LogP contribution >= 0.6 is 0 Å². The summed E-state index contributed by atoms with van der Waals surface area (Å²) in [7, 11) is 0. The van der Waals surface area contributed by atoms with Crippen molar-refractivity contribution in [1.82, 2.24) is 4.98 Å². The van der Waals surface area contributed by atoms with Crippen LogP contribution in [0.25, 0.3) is 0 Å². The number of urea groups is 1. The molecule has 0 bridgehead atoms. The van der Waals surface area contributed by atoms with Crippen LogP contribution < -0.4 is 15.0 Å². The fourth-order valence-corrected chi connectivity index (χ4v) is 4.15. The Morgan fingerprint density at radius 2 is 1.83 bits per heavy atom. The number of hydrogen-bond donors (Lipinski definition) is 2.